The normalized spacial score (nSPS) is 37.7. The number of carbonyl (C=O) groups is 1. The second-order valence-corrected chi connectivity index (χ2v) is 5.45. The lowest BCUT2D eigenvalue weighted by Gasteiger charge is -2.38. The van der Waals surface area contributed by atoms with Gasteiger partial charge in [-0.2, -0.15) is 0 Å². The van der Waals surface area contributed by atoms with Gasteiger partial charge in [-0.25, -0.2) is 0 Å². The van der Waals surface area contributed by atoms with Crippen molar-refractivity contribution in [1.82, 2.24) is 4.90 Å². The van der Waals surface area contributed by atoms with E-state index >= 15 is 0 Å². The SMILES string of the molecule is COC(=O)CC1COC(C)(C2CCCN(C)C2)O1. The highest BCUT2D eigenvalue weighted by Crippen LogP contribution is 2.36. The van der Waals surface area contributed by atoms with Crippen LogP contribution in [0.15, 0.2) is 0 Å². The van der Waals surface area contributed by atoms with Crippen molar-refractivity contribution in [2.24, 2.45) is 5.92 Å². The van der Waals surface area contributed by atoms with Gasteiger partial charge >= 0.3 is 5.97 Å². The molecule has 0 bridgehead atoms. The van der Waals surface area contributed by atoms with E-state index in [1.54, 1.807) is 0 Å². The van der Waals surface area contributed by atoms with Gasteiger partial charge in [0.2, 0.25) is 0 Å². The average Bonchev–Trinajstić information content (AvgIpc) is 2.72. The molecule has 2 fully saturated rings. The molecule has 0 aromatic rings. The van der Waals surface area contributed by atoms with Gasteiger partial charge < -0.3 is 19.1 Å². The fourth-order valence-electron chi connectivity index (χ4n) is 2.84. The molecule has 2 aliphatic heterocycles. The second kappa shape index (κ2) is 5.55. The van der Waals surface area contributed by atoms with Crippen molar-refractivity contribution in [2.45, 2.75) is 38.1 Å². The number of nitrogens with zero attached hydrogens (tertiary/aromatic N) is 1. The van der Waals surface area contributed by atoms with Crippen LogP contribution >= 0.6 is 0 Å². The fraction of sp³-hybridized carbons (Fsp3) is 0.923. The summed E-state index contributed by atoms with van der Waals surface area (Å²) in [7, 11) is 3.52. The van der Waals surface area contributed by atoms with Crippen LogP contribution in [0.25, 0.3) is 0 Å². The maximum Gasteiger partial charge on any atom is 0.308 e. The van der Waals surface area contributed by atoms with Gasteiger partial charge in [0.25, 0.3) is 0 Å². The molecule has 0 amide bonds. The van der Waals surface area contributed by atoms with Crippen LogP contribution in [0, 0.1) is 5.92 Å². The van der Waals surface area contributed by atoms with Gasteiger partial charge in [-0.15, -0.1) is 0 Å². The Bertz CT molecular complexity index is 309. The van der Waals surface area contributed by atoms with Crippen molar-refractivity contribution in [3.05, 3.63) is 0 Å². The lowest BCUT2D eigenvalue weighted by Crippen LogP contribution is -2.46. The van der Waals surface area contributed by atoms with E-state index in [4.69, 9.17) is 9.47 Å². The van der Waals surface area contributed by atoms with Gasteiger partial charge in [-0.3, -0.25) is 4.79 Å². The molecule has 2 aliphatic rings. The van der Waals surface area contributed by atoms with Gasteiger partial charge in [0, 0.05) is 12.5 Å². The lowest BCUT2D eigenvalue weighted by atomic mass is 9.91. The largest absolute Gasteiger partial charge is 0.469 e. The molecule has 104 valence electrons. The first kappa shape index (κ1) is 13.8. The number of carbonyl (C=O) groups excluding carboxylic acids is 1. The molecule has 3 unspecified atom stereocenters. The Hall–Kier alpha value is -0.650. The maximum absolute atomic E-state index is 11.2. The summed E-state index contributed by atoms with van der Waals surface area (Å²) >= 11 is 0. The number of esters is 1. The van der Waals surface area contributed by atoms with Crippen LogP contribution in [0.2, 0.25) is 0 Å². The maximum atomic E-state index is 11.2. The topological polar surface area (TPSA) is 48.0 Å². The van der Waals surface area contributed by atoms with Crippen molar-refractivity contribution < 1.29 is 19.0 Å². The van der Waals surface area contributed by atoms with Crippen LogP contribution in [0.3, 0.4) is 0 Å². The molecule has 2 heterocycles. The molecule has 5 nitrogen and oxygen atoms in total. The molecular weight excluding hydrogens is 234 g/mol. The molecule has 2 rings (SSSR count). The summed E-state index contributed by atoms with van der Waals surface area (Å²) in [5.41, 5.74) is 0. The van der Waals surface area contributed by atoms with Crippen molar-refractivity contribution in [2.75, 3.05) is 33.9 Å². The van der Waals surface area contributed by atoms with Gasteiger partial charge in [-0.1, -0.05) is 0 Å². The third-order valence-electron chi connectivity index (χ3n) is 3.94. The van der Waals surface area contributed by atoms with Crippen LogP contribution in [0.5, 0.6) is 0 Å². The second-order valence-electron chi connectivity index (χ2n) is 5.45. The van der Waals surface area contributed by atoms with E-state index < -0.39 is 5.79 Å². The third-order valence-corrected chi connectivity index (χ3v) is 3.94. The minimum absolute atomic E-state index is 0.172. The Morgan fingerprint density at radius 1 is 1.56 bits per heavy atom. The van der Waals surface area contributed by atoms with Gasteiger partial charge in [-0.05, 0) is 33.4 Å². The Labute approximate surface area is 108 Å². The molecule has 18 heavy (non-hydrogen) atoms. The molecule has 0 radical (unpaired) electrons. The molecule has 0 aromatic carbocycles. The van der Waals surface area contributed by atoms with Crippen molar-refractivity contribution >= 4 is 5.97 Å². The van der Waals surface area contributed by atoms with Crippen molar-refractivity contribution in [3.8, 4) is 0 Å². The van der Waals surface area contributed by atoms with Crippen molar-refractivity contribution in [3.63, 3.8) is 0 Å². The molecular formula is C13H23NO4. The predicted octanol–water partition coefficient (Wildman–Crippen LogP) is 1.02. The fourth-order valence-corrected chi connectivity index (χ4v) is 2.84. The number of piperidine rings is 1. The molecule has 0 spiro atoms. The molecule has 0 N–H and O–H groups in total. The standard InChI is InChI=1S/C13H23NO4/c1-13(10-5-4-6-14(2)8-10)17-9-11(18-13)7-12(15)16-3/h10-11H,4-9H2,1-3H3. The number of ether oxygens (including phenoxy) is 3. The van der Waals surface area contributed by atoms with Crippen LogP contribution in [-0.2, 0) is 19.0 Å². The number of methoxy groups -OCH3 is 1. The summed E-state index contributed by atoms with van der Waals surface area (Å²) in [5, 5.41) is 0. The molecule has 0 saturated carbocycles. The first-order valence-electron chi connectivity index (χ1n) is 6.60. The van der Waals surface area contributed by atoms with Crippen LogP contribution < -0.4 is 0 Å². The smallest absolute Gasteiger partial charge is 0.308 e. The number of hydrogen-bond donors (Lipinski definition) is 0. The zero-order valence-corrected chi connectivity index (χ0v) is 11.5. The van der Waals surface area contributed by atoms with Crippen LogP contribution in [0.1, 0.15) is 26.2 Å². The van der Waals surface area contributed by atoms with Crippen LogP contribution in [0.4, 0.5) is 0 Å². The first-order valence-corrected chi connectivity index (χ1v) is 6.60. The van der Waals surface area contributed by atoms with Crippen molar-refractivity contribution in [1.29, 1.82) is 0 Å². The summed E-state index contributed by atoms with van der Waals surface area (Å²) in [5.74, 6) is -0.416. The molecule has 2 saturated heterocycles. The summed E-state index contributed by atoms with van der Waals surface area (Å²) < 4.78 is 16.4. The van der Waals surface area contributed by atoms with E-state index in [0.29, 0.717) is 12.5 Å². The summed E-state index contributed by atoms with van der Waals surface area (Å²) in [6, 6.07) is 0. The molecule has 3 atom stereocenters. The zero-order valence-electron chi connectivity index (χ0n) is 11.5. The van der Waals surface area contributed by atoms with Crippen LogP contribution in [-0.4, -0.2) is 56.6 Å². The van der Waals surface area contributed by atoms with E-state index in [1.807, 2.05) is 6.92 Å². The van der Waals surface area contributed by atoms with E-state index in [2.05, 4.69) is 16.7 Å². The number of rotatable bonds is 3. The van der Waals surface area contributed by atoms with E-state index in [1.165, 1.54) is 13.5 Å². The molecule has 5 heteroatoms. The van der Waals surface area contributed by atoms with Gasteiger partial charge in [0.1, 0.15) is 0 Å². The van der Waals surface area contributed by atoms with E-state index in [0.717, 1.165) is 19.5 Å². The highest BCUT2D eigenvalue weighted by atomic mass is 16.7. The predicted molar refractivity (Wildman–Crippen MR) is 66.1 cm³/mol. The summed E-state index contributed by atoms with van der Waals surface area (Å²) in [6.45, 7) is 4.60. The number of likely N-dealkylation sites (tertiary alicyclic amines) is 1. The Kier molecular flexibility index (Phi) is 4.25. The Morgan fingerprint density at radius 2 is 2.33 bits per heavy atom. The zero-order chi connectivity index (χ0) is 13.2. The lowest BCUT2D eigenvalue weighted by molar-refractivity contribution is -0.201. The molecule has 0 aromatic heterocycles. The highest BCUT2D eigenvalue weighted by Gasteiger charge is 2.45. The van der Waals surface area contributed by atoms with E-state index in [9.17, 15) is 4.79 Å². The highest BCUT2D eigenvalue weighted by molar-refractivity contribution is 5.69. The summed E-state index contributed by atoms with van der Waals surface area (Å²) in [4.78, 5) is 13.5. The van der Waals surface area contributed by atoms with Gasteiger partial charge in [0.05, 0.1) is 26.2 Å². The van der Waals surface area contributed by atoms with E-state index in [-0.39, 0.29) is 18.5 Å². The minimum Gasteiger partial charge on any atom is -0.469 e. The average molecular weight is 257 g/mol. The Morgan fingerprint density at radius 3 is 3.00 bits per heavy atom. The first-order chi connectivity index (χ1) is 8.53. The molecule has 0 aliphatic carbocycles. The third kappa shape index (κ3) is 3.02. The minimum atomic E-state index is -0.548. The summed E-state index contributed by atoms with van der Waals surface area (Å²) in [6.07, 6.45) is 2.39. The van der Waals surface area contributed by atoms with Gasteiger partial charge in [0.15, 0.2) is 5.79 Å². The quantitative estimate of drug-likeness (QED) is 0.707. The monoisotopic (exact) mass is 257 g/mol. The number of hydrogen-bond acceptors (Lipinski definition) is 5. The Balaban J connectivity index is 1.90.